The molecule has 3 aliphatic heterocycles. The van der Waals surface area contributed by atoms with Crippen LogP contribution in [0.5, 0.6) is 0 Å². The molecular formula is C53H85NO19Si. The van der Waals surface area contributed by atoms with Crippen LogP contribution in [0.25, 0.3) is 0 Å². The van der Waals surface area contributed by atoms with Crippen LogP contribution in [0.3, 0.4) is 0 Å². The summed E-state index contributed by atoms with van der Waals surface area (Å²) in [6, 6.07) is -0.656. The summed E-state index contributed by atoms with van der Waals surface area (Å²) in [7, 11) is -1.56. The highest BCUT2D eigenvalue weighted by molar-refractivity contribution is 6.76. The van der Waals surface area contributed by atoms with Gasteiger partial charge in [-0.15, -0.1) is 0 Å². The lowest BCUT2D eigenvalue weighted by atomic mass is 9.82. The number of carbonyl (C=O) groups is 3. The summed E-state index contributed by atoms with van der Waals surface area (Å²) in [5.41, 5.74) is 0. The summed E-state index contributed by atoms with van der Waals surface area (Å²) in [5.74, 6) is -7.01. The smallest absolute Gasteiger partial charge is 0.407 e. The SMILES string of the molecule is C[C@@H]1[C@H](O)[C@@H](C)/C=C/C=C/C=C/C=C/C=C/C=C/C=C/[C@H](O[C@@H]2O[C@H](C)[C@@H](O)[C@H](NC(=O)OCC[Si](C)(C)C)[C@@H]2O)C[C@@H]2O[C@](O)(C[C@@H](O)C[C@@H](O)[C@H](O)CC[C@@H](O)C[C@@H](O)CC(=O)O[C@H]1C)C[C@H](O)[C@H]2C(=O)O. The van der Waals surface area contributed by atoms with Gasteiger partial charge in [0, 0.05) is 45.6 Å². The first kappa shape index (κ1) is 64.4. The van der Waals surface area contributed by atoms with E-state index in [4.69, 9.17) is 23.7 Å². The number of esters is 1. The van der Waals surface area contributed by atoms with Gasteiger partial charge in [-0.05, 0) is 39.2 Å². The molecule has 1 amide bonds. The molecule has 12 N–H and O–H groups in total. The van der Waals surface area contributed by atoms with E-state index in [0.29, 0.717) is 6.04 Å². The van der Waals surface area contributed by atoms with E-state index in [9.17, 15) is 70.6 Å². The van der Waals surface area contributed by atoms with Crippen molar-refractivity contribution in [2.24, 2.45) is 17.8 Å². The highest BCUT2D eigenvalue weighted by Crippen LogP contribution is 2.38. The number of fused-ring (bicyclic) bond motifs is 2. The molecule has 2 bridgehead atoms. The van der Waals surface area contributed by atoms with E-state index in [1.807, 2.05) is 13.0 Å². The predicted molar refractivity (Wildman–Crippen MR) is 275 cm³/mol. The second-order valence-electron chi connectivity index (χ2n) is 21.1. The number of aliphatic hydroxyl groups is 10. The minimum absolute atomic E-state index is 0.124. The normalized spacial score (nSPS) is 41.5. The van der Waals surface area contributed by atoms with Crippen molar-refractivity contribution < 1.29 is 94.2 Å². The fourth-order valence-corrected chi connectivity index (χ4v) is 9.45. The molecule has 21 heteroatoms. The van der Waals surface area contributed by atoms with Crippen molar-refractivity contribution in [3.8, 4) is 0 Å². The molecule has 19 atom stereocenters. The molecular weight excluding hydrogens is 983 g/mol. The molecule has 3 rings (SSSR count). The Morgan fingerprint density at radius 1 is 0.689 bits per heavy atom. The maximum Gasteiger partial charge on any atom is 0.407 e. The number of hydrogen-bond donors (Lipinski definition) is 12. The molecule has 2 saturated heterocycles. The van der Waals surface area contributed by atoms with Crippen LogP contribution in [-0.4, -0.2) is 186 Å². The van der Waals surface area contributed by atoms with Gasteiger partial charge in [-0.25, -0.2) is 4.79 Å². The first-order chi connectivity index (χ1) is 34.7. The van der Waals surface area contributed by atoms with Gasteiger partial charge in [-0.1, -0.05) is 119 Å². The van der Waals surface area contributed by atoms with Gasteiger partial charge in [0.25, 0.3) is 0 Å². The Bertz CT molecular complexity index is 1940. The maximum absolute atomic E-state index is 12.8. The van der Waals surface area contributed by atoms with E-state index in [1.165, 1.54) is 13.0 Å². The van der Waals surface area contributed by atoms with Crippen LogP contribution < -0.4 is 5.32 Å². The first-order valence-corrected chi connectivity index (χ1v) is 29.3. The standard InChI is InChI=1S/C53H85NO19Si/c1-32-20-18-16-14-12-10-8-9-11-13-15-17-19-21-39(72-51-49(64)46(48(63)35(4)71-51)54-52(67)69-24-25-74(5,6)7)29-43-45(50(65)66)42(60)31-53(68,73-43)30-38(57)27-41(59)40(58)23-22-36(55)26-37(56)28-44(61)70-34(3)33(2)47(32)62/h8-21,32-43,45-49,51,55-60,62-64,68H,22-31H2,1-7H3,(H,54,67)(H,65,66)/b9-8+,12-10+,13-11+,16-14+,17-15+,20-18+,21-19+/t32-,33-,34-,35+,36+,37+,38-,39-,40+,41+,42-,43-,45+,46-,47+,48+,49-,51-,53+/m0/s1. The van der Waals surface area contributed by atoms with Crippen LogP contribution >= 0.6 is 0 Å². The number of carboxylic acid groups (broad SMARTS) is 1. The number of carbonyl (C=O) groups excluding carboxylic acids is 2. The zero-order valence-electron chi connectivity index (χ0n) is 43.7. The van der Waals surface area contributed by atoms with Crippen molar-refractivity contribution in [1.29, 1.82) is 0 Å². The fourth-order valence-electron chi connectivity index (χ4n) is 8.73. The summed E-state index contributed by atoms with van der Waals surface area (Å²) >= 11 is 0. The molecule has 74 heavy (non-hydrogen) atoms. The molecule has 2 fully saturated rings. The van der Waals surface area contributed by atoms with E-state index in [2.05, 4.69) is 25.0 Å². The van der Waals surface area contributed by atoms with Gasteiger partial charge in [0.1, 0.15) is 24.2 Å². The van der Waals surface area contributed by atoms with E-state index in [0.717, 1.165) is 0 Å². The number of rotatable bonds is 7. The Hall–Kier alpha value is -3.91. The number of ether oxygens (including phenoxy) is 5. The summed E-state index contributed by atoms with van der Waals surface area (Å²) < 4.78 is 28.9. The zero-order chi connectivity index (χ0) is 55.3. The van der Waals surface area contributed by atoms with Crippen LogP contribution in [0.4, 0.5) is 4.79 Å². The molecule has 0 aliphatic carbocycles. The Labute approximate surface area is 436 Å². The summed E-state index contributed by atoms with van der Waals surface area (Å²) in [5, 5.41) is 123. The lowest BCUT2D eigenvalue weighted by Crippen LogP contribution is -2.64. The van der Waals surface area contributed by atoms with Crippen LogP contribution in [0, 0.1) is 17.8 Å². The number of alkyl carbamates (subject to hydrolysis) is 1. The molecule has 3 heterocycles. The lowest BCUT2D eigenvalue weighted by molar-refractivity contribution is -0.309. The zero-order valence-corrected chi connectivity index (χ0v) is 44.7. The Morgan fingerprint density at radius 2 is 1.27 bits per heavy atom. The van der Waals surface area contributed by atoms with Crippen LogP contribution in [0.1, 0.15) is 79.1 Å². The minimum atomic E-state index is -2.38. The lowest BCUT2D eigenvalue weighted by Gasteiger charge is -2.45. The number of amides is 1. The Balaban J connectivity index is 1.91. The van der Waals surface area contributed by atoms with Crippen LogP contribution in [0.15, 0.2) is 85.1 Å². The van der Waals surface area contributed by atoms with Crippen LogP contribution in [0.2, 0.25) is 25.7 Å². The summed E-state index contributed by atoms with van der Waals surface area (Å²) in [6.45, 7) is 13.1. The molecule has 0 saturated carbocycles. The molecule has 0 unspecified atom stereocenters. The molecule has 0 radical (unpaired) electrons. The average Bonchev–Trinajstić information content (AvgIpc) is 3.29. The first-order valence-electron chi connectivity index (χ1n) is 25.6. The molecule has 0 aromatic heterocycles. The van der Waals surface area contributed by atoms with Crippen molar-refractivity contribution in [1.82, 2.24) is 5.32 Å². The molecule has 420 valence electrons. The number of allylic oxidation sites excluding steroid dienone is 12. The number of aliphatic carboxylic acids is 1. The van der Waals surface area contributed by atoms with E-state index in [-0.39, 0.29) is 31.8 Å². The van der Waals surface area contributed by atoms with E-state index >= 15 is 0 Å². The molecule has 20 nitrogen and oxygen atoms in total. The number of cyclic esters (lactones) is 1. The van der Waals surface area contributed by atoms with Gasteiger partial charge < -0.3 is 85.2 Å². The van der Waals surface area contributed by atoms with Crippen LogP contribution in [-0.2, 0) is 33.3 Å². The average molecular weight is 1070 g/mol. The monoisotopic (exact) mass is 1070 g/mol. The van der Waals surface area contributed by atoms with Gasteiger partial charge in [0.2, 0.25) is 0 Å². The van der Waals surface area contributed by atoms with Crippen molar-refractivity contribution in [2.45, 2.75) is 202 Å². The second-order valence-corrected chi connectivity index (χ2v) is 26.7. The minimum Gasteiger partial charge on any atom is -0.481 e. The highest BCUT2D eigenvalue weighted by Gasteiger charge is 2.51. The van der Waals surface area contributed by atoms with Crippen molar-refractivity contribution in [3.63, 3.8) is 0 Å². The Morgan fingerprint density at radius 3 is 1.85 bits per heavy atom. The van der Waals surface area contributed by atoms with Crippen molar-refractivity contribution in [3.05, 3.63) is 85.1 Å². The van der Waals surface area contributed by atoms with Gasteiger partial charge in [0.15, 0.2) is 12.1 Å². The molecule has 0 spiro atoms. The Kier molecular flexibility index (Phi) is 27.3. The summed E-state index contributed by atoms with van der Waals surface area (Å²) in [4.78, 5) is 38.1. The van der Waals surface area contributed by atoms with Crippen molar-refractivity contribution in [2.75, 3.05) is 6.61 Å². The third kappa shape index (κ3) is 22.7. The van der Waals surface area contributed by atoms with Crippen molar-refractivity contribution >= 4 is 26.1 Å². The van der Waals surface area contributed by atoms with Gasteiger partial charge >= 0.3 is 18.0 Å². The quantitative estimate of drug-likeness (QED) is 0.129. The fraction of sp³-hybridized carbons (Fsp3) is 0.679. The topological polar surface area (TPSA) is 332 Å². The largest absolute Gasteiger partial charge is 0.481 e. The number of aliphatic hydroxyl groups excluding tert-OH is 9. The number of carboxylic acids is 1. The number of hydrogen-bond acceptors (Lipinski definition) is 18. The molecule has 3 aliphatic rings. The van der Waals surface area contributed by atoms with E-state index < -0.39 is 168 Å². The third-order valence-corrected chi connectivity index (χ3v) is 15.0. The highest BCUT2D eigenvalue weighted by atomic mass is 28.3. The van der Waals surface area contributed by atoms with Gasteiger partial charge in [0.05, 0.1) is 80.1 Å². The second kappa shape index (κ2) is 31.3. The third-order valence-electron chi connectivity index (χ3n) is 13.3. The molecule has 0 aromatic carbocycles. The van der Waals surface area contributed by atoms with Gasteiger partial charge in [-0.3, -0.25) is 9.59 Å². The van der Waals surface area contributed by atoms with E-state index in [1.54, 1.807) is 86.8 Å². The predicted octanol–water partition coefficient (Wildman–Crippen LogP) is 2.82. The summed E-state index contributed by atoms with van der Waals surface area (Å²) in [6.07, 6.45) is 1.13. The maximum atomic E-state index is 12.8. The molecule has 0 aromatic rings. The number of nitrogens with one attached hydrogen (secondary N) is 1. The van der Waals surface area contributed by atoms with Gasteiger partial charge in [-0.2, -0.15) is 0 Å².